The summed E-state index contributed by atoms with van der Waals surface area (Å²) >= 11 is 0. The highest BCUT2D eigenvalue weighted by Gasteiger charge is 2.19. The van der Waals surface area contributed by atoms with Gasteiger partial charge < -0.3 is 5.32 Å². The lowest BCUT2D eigenvalue weighted by Crippen LogP contribution is -2.17. The Morgan fingerprint density at radius 1 is 1.47 bits per heavy atom. The van der Waals surface area contributed by atoms with E-state index in [1.165, 1.54) is 37.9 Å². The van der Waals surface area contributed by atoms with E-state index in [4.69, 9.17) is 0 Å². The second-order valence-corrected chi connectivity index (χ2v) is 5.23. The molecule has 0 aromatic carbocycles. The highest BCUT2D eigenvalue weighted by atomic mass is 15.3. The number of hydrogen-bond acceptors (Lipinski definition) is 2. The number of hydrogen-bond donors (Lipinski definition) is 1. The molecule has 17 heavy (non-hydrogen) atoms. The van der Waals surface area contributed by atoms with Crippen molar-refractivity contribution in [1.29, 1.82) is 0 Å². The van der Waals surface area contributed by atoms with Crippen LogP contribution in [0.15, 0.2) is 12.3 Å². The third-order valence-corrected chi connectivity index (χ3v) is 3.58. The zero-order valence-electron chi connectivity index (χ0n) is 11.2. The highest BCUT2D eigenvalue weighted by Crippen LogP contribution is 2.18. The molecule has 3 nitrogen and oxygen atoms in total. The van der Waals surface area contributed by atoms with Crippen molar-refractivity contribution in [1.82, 2.24) is 15.1 Å². The minimum absolute atomic E-state index is 0.528. The van der Waals surface area contributed by atoms with Crippen molar-refractivity contribution in [2.75, 3.05) is 6.54 Å². The first-order chi connectivity index (χ1) is 8.29. The van der Waals surface area contributed by atoms with Crippen molar-refractivity contribution in [3.8, 4) is 0 Å². The number of unbranched alkanes of at least 4 members (excludes halogenated alkanes) is 1. The fourth-order valence-corrected chi connectivity index (χ4v) is 1.97. The highest BCUT2D eigenvalue weighted by molar-refractivity contribution is 4.99. The van der Waals surface area contributed by atoms with Gasteiger partial charge in [0.15, 0.2) is 0 Å². The lowest BCUT2D eigenvalue weighted by Gasteiger charge is -2.08. The average molecular weight is 235 g/mol. The van der Waals surface area contributed by atoms with E-state index in [1.807, 2.05) is 0 Å². The summed E-state index contributed by atoms with van der Waals surface area (Å²) in [6.45, 7) is 5.60. The summed E-state index contributed by atoms with van der Waals surface area (Å²) in [7, 11) is 0. The van der Waals surface area contributed by atoms with Crippen LogP contribution in [0.5, 0.6) is 0 Å². The van der Waals surface area contributed by atoms with E-state index in [-0.39, 0.29) is 0 Å². The first-order valence-electron chi connectivity index (χ1n) is 7.07. The molecular formula is C14H25N3. The van der Waals surface area contributed by atoms with Crippen LogP contribution in [0.25, 0.3) is 0 Å². The van der Waals surface area contributed by atoms with Gasteiger partial charge in [-0.1, -0.05) is 6.92 Å². The van der Waals surface area contributed by atoms with E-state index in [0.29, 0.717) is 6.04 Å². The molecule has 2 rings (SSSR count). The van der Waals surface area contributed by atoms with Gasteiger partial charge in [-0.05, 0) is 58.1 Å². The molecular weight excluding hydrogens is 210 g/mol. The van der Waals surface area contributed by atoms with Crippen LogP contribution in [0.4, 0.5) is 0 Å². The molecule has 1 unspecified atom stereocenters. The summed E-state index contributed by atoms with van der Waals surface area (Å²) in [6.07, 6.45) is 9.68. The molecule has 1 N–H and O–H groups in total. The van der Waals surface area contributed by atoms with Gasteiger partial charge in [0.2, 0.25) is 0 Å². The third kappa shape index (κ3) is 4.15. The quantitative estimate of drug-likeness (QED) is 0.702. The Morgan fingerprint density at radius 3 is 3.00 bits per heavy atom. The van der Waals surface area contributed by atoms with Gasteiger partial charge in [-0.15, -0.1) is 0 Å². The molecule has 1 aromatic rings. The summed E-state index contributed by atoms with van der Waals surface area (Å²) in [6, 6.07) is 3.54. The van der Waals surface area contributed by atoms with Crippen LogP contribution in [0.1, 0.15) is 57.7 Å². The van der Waals surface area contributed by atoms with Crippen molar-refractivity contribution in [2.45, 2.75) is 64.5 Å². The maximum Gasteiger partial charge on any atom is 0.0624 e. The Morgan fingerprint density at radius 2 is 2.29 bits per heavy atom. The average Bonchev–Trinajstić information content (AvgIpc) is 3.05. The number of nitrogens with zero attached hydrogens (tertiary/aromatic N) is 2. The summed E-state index contributed by atoms with van der Waals surface area (Å²) in [5.74, 6) is 0. The van der Waals surface area contributed by atoms with Crippen molar-refractivity contribution in [2.24, 2.45) is 0 Å². The molecule has 0 aliphatic heterocycles. The minimum Gasteiger partial charge on any atom is -0.314 e. The van der Waals surface area contributed by atoms with E-state index in [9.17, 15) is 0 Å². The molecule has 96 valence electrons. The van der Waals surface area contributed by atoms with E-state index in [2.05, 4.69) is 41.2 Å². The van der Waals surface area contributed by atoms with Gasteiger partial charge in [-0.2, -0.15) is 5.10 Å². The van der Waals surface area contributed by atoms with E-state index >= 15 is 0 Å². The maximum absolute atomic E-state index is 4.62. The van der Waals surface area contributed by atoms with Gasteiger partial charge in [0.05, 0.1) is 5.69 Å². The predicted octanol–water partition coefficient (Wildman–Crippen LogP) is 2.93. The number of rotatable bonds is 8. The molecule has 1 aromatic heterocycles. The van der Waals surface area contributed by atoms with E-state index in [1.54, 1.807) is 0 Å². The molecule has 0 spiro atoms. The Balaban J connectivity index is 1.62. The molecule has 1 fully saturated rings. The molecule has 0 amide bonds. The number of nitrogens with one attached hydrogen (secondary N) is 1. The lowest BCUT2D eigenvalue weighted by molar-refractivity contribution is 0.472. The molecule has 0 radical (unpaired) electrons. The van der Waals surface area contributed by atoms with Crippen molar-refractivity contribution >= 4 is 0 Å². The monoisotopic (exact) mass is 235 g/mol. The Labute approximate surface area is 105 Å². The Bertz CT molecular complexity index is 328. The van der Waals surface area contributed by atoms with Gasteiger partial charge >= 0.3 is 0 Å². The fraction of sp³-hybridized carbons (Fsp3) is 0.786. The van der Waals surface area contributed by atoms with Crippen molar-refractivity contribution in [3.63, 3.8) is 0 Å². The van der Waals surface area contributed by atoms with Crippen LogP contribution >= 0.6 is 0 Å². The molecule has 1 aliphatic carbocycles. The summed E-state index contributed by atoms with van der Waals surface area (Å²) in [5, 5.41) is 8.17. The van der Waals surface area contributed by atoms with E-state index < -0.39 is 0 Å². The predicted molar refractivity (Wildman–Crippen MR) is 71.2 cm³/mol. The second-order valence-electron chi connectivity index (χ2n) is 5.23. The first kappa shape index (κ1) is 12.6. The first-order valence-corrected chi connectivity index (χ1v) is 7.07. The lowest BCUT2D eigenvalue weighted by atomic mass is 10.2. The summed E-state index contributed by atoms with van der Waals surface area (Å²) < 4.78 is 2.10. The molecule has 1 aliphatic rings. The molecule has 0 saturated heterocycles. The minimum atomic E-state index is 0.528. The van der Waals surface area contributed by atoms with Gasteiger partial charge in [0.25, 0.3) is 0 Å². The zero-order chi connectivity index (χ0) is 12.1. The molecule has 0 bridgehead atoms. The van der Waals surface area contributed by atoms with Gasteiger partial charge in [0.1, 0.15) is 0 Å². The summed E-state index contributed by atoms with van der Waals surface area (Å²) in [4.78, 5) is 0. The van der Waals surface area contributed by atoms with Crippen LogP contribution in [0.3, 0.4) is 0 Å². The van der Waals surface area contributed by atoms with E-state index in [0.717, 1.165) is 18.9 Å². The van der Waals surface area contributed by atoms with Gasteiger partial charge in [0, 0.05) is 18.3 Å². The molecule has 3 heteroatoms. The second kappa shape index (κ2) is 6.20. The topological polar surface area (TPSA) is 29.9 Å². The summed E-state index contributed by atoms with van der Waals surface area (Å²) in [5.41, 5.74) is 1.25. The smallest absolute Gasteiger partial charge is 0.0624 e. The number of aryl methyl sites for hydroxylation is 1. The van der Waals surface area contributed by atoms with Crippen LogP contribution < -0.4 is 5.32 Å². The molecule has 1 atom stereocenters. The normalized spacial score (nSPS) is 17.3. The largest absolute Gasteiger partial charge is 0.314 e. The van der Waals surface area contributed by atoms with Crippen LogP contribution in [-0.4, -0.2) is 22.4 Å². The maximum atomic E-state index is 4.62. The number of aromatic nitrogens is 2. The van der Waals surface area contributed by atoms with Gasteiger partial charge in [-0.25, -0.2) is 0 Å². The fourth-order valence-electron chi connectivity index (χ4n) is 1.97. The van der Waals surface area contributed by atoms with Gasteiger partial charge in [-0.3, -0.25) is 4.68 Å². The SMILES string of the molecule is CCC(C)n1ccc(CCCCNC2CC2)n1. The Hall–Kier alpha value is -0.830. The van der Waals surface area contributed by atoms with Crippen molar-refractivity contribution < 1.29 is 0 Å². The Kier molecular flexibility index (Phi) is 4.60. The van der Waals surface area contributed by atoms with Crippen LogP contribution in [-0.2, 0) is 6.42 Å². The standard InChI is InChI=1S/C14H25N3/c1-3-12(2)17-11-9-14(16-17)6-4-5-10-15-13-7-8-13/h9,11-13,15H,3-8,10H2,1-2H3. The third-order valence-electron chi connectivity index (χ3n) is 3.58. The molecule has 1 saturated carbocycles. The zero-order valence-corrected chi connectivity index (χ0v) is 11.2. The van der Waals surface area contributed by atoms with Crippen LogP contribution in [0, 0.1) is 0 Å². The van der Waals surface area contributed by atoms with Crippen molar-refractivity contribution in [3.05, 3.63) is 18.0 Å². The molecule has 1 heterocycles. The van der Waals surface area contributed by atoms with Crippen LogP contribution in [0.2, 0.25) is 0 Å².